The van der Waals surface area contributed by atoms with Crippen molar-refractivity contribution in [1.82, 2.24) is 9.80 Å². The van der Waals surface area contributed by atoms with Crippen LogP contribution in [0.4, 0.5) is 0 Å². The number of rotatable bonds is 2. The maximum absolute atomic E-state index is 13.5. The Morgan fingerprint density at radius 3 is 2.44 bits per heavy atom. The summed E-state index contributed by atoms with van der Waals surface area (Å²) in [6, 6.07) is 7.23. The van der Waals surface area contributed by atoms with Gasteiger partial charge in [-0.05, 0) is 37.0 Å². The van der Waals surface area contributed by atoms with Crippen LogP contribution < -0.4 is 0 Å². The molecule has 2 saturated heterocycles. The minimum Gasteiger partial charge on any atom is -0.359 e. The van der Waals surface area contributed by atoms with Crippen molar-refractivity contribution in [2.75, 3.05) is 0 Å². The lowest BCUT2D eigenvalue weighted by molar-refractivity contribution is -0.146. The van der Waals surface area contributed by atoms with Crippen molar-refractivity contribution in [1.29, 1.82) is 0 Å². The van der Waals surface area contributed by atoms with Gasteiger partial charge in [0.15, 0.2) is 5.78 Å². The minimum absolute atomic E-state index is 0.0137. The van der Waals surface area contributed by atoms with Gasteiger partial charge in [-0.15, -0.1) is 0 Å². The van der Waals surface area contributed by atoms with E-state index in [0.717, 1.165) is 36.8 Å². The lowest BCUT2D eigenvalue weighted by atomic mass is 9.84. The van der Waals surface area contributed by atoms with Crippen molar-refractivity contribution in [3.63, 3.8) is 0 Å². The first-order chi connectivity index (χ1) is 13.1. The number of nitrogens with zero attached hydrogens (tertiary/aromatic N) is 2. The molecule has 5 rings (SSSR count). The van der Waals surface area contributed by atoms with Gasteiger partial charge in [0.25, 0.3) is 0 Å². The first kappa shape index (κ1) is 16.7. The Morgan fingerprint density at radius 2 is 1.70 bits per heavy atom. The van der Waals surface area contributed by atoms with Crippen molar-refractivity contribution >= 4 is 23.7 Å². The predicted octanol–water partition coefficient (Wildman–Crippen LogP) is 2.92. The summed E-state index contributed by atoms with van der Waals surface area (Å²) in [4.78, 5) is 42.9. The Balaban J connectivity index is 1.60. The van der Waals surface area contributed by atoms with Crippen molar-refractivity contribution in [3.05, 3.63) is 41.6 Å². The summed E-state index contributed by atoms with van der Waals surface area (Å²) in [5.41, 5.74) is 2.11. The molecule has 1 aromatic rings. The number of benzene rings is 1. The van der Waals surface area contributed by atoms with E-state index in [1.807, 2.05) is 41.4 Å². The summed E-state index contributed by atoms with van der Waals surface area (Å²) < 4.78 is 0. The third-order valence-corrected chi connectivity index (χ3v) is 6.85. The molecule has 2 amide bonds. The number of fused-ring (bicyclic) bond motifs is 5. The molecule has 5 heteroatoms. The standard InChI is InChI=1S/C22H24N2O3/c1-13(25)19-17-18(20-16-10-6-5-7-14(16)11-12-23(19)20)22(27)24(21(17)26)15-8-3-2-4-9-15/h5-7,10-12,15,17-20H,2-4,8-9H2,1H3/t17-,18+,19-,20?/m1/s1. The number of ketones is 1. The summed E-state index contributed by atoms with van der Waals surface area (Å²) in [6.45, 7) is 1.54. The van der Waals surface area contributed by atoms with Gasteiger partial charge in [0.05, 0.1) is 23.9 Å². The summed E-state index contributed by atoms with van der Waals surface area (Å²) in [5.74, 6) is -1.25. The van der Waals surface area contributed by atoms with Crippen LogP contribution in [-0.2, 0) is 14.4 Å². The second-order valence-electron chi connectivity index (χ2n) is 8.28. The summed E-state index contributed by atoms with van der Waals surface area (Å²) in [6.07, 6.45) is 8.98. The first-order valence-electron chi connectivity index (χ1n) is 10.0. The van der Waals surface area contributed by atoms with Crippen LogP contribution in [0.2, 0.25) is 0 Å². The number of carbonyl (C=O) groups is 3. The second kappa shape index (κ2) is 6.04. The largest absolute Gasteiger partial charge is 0.359 e. The monoisotopic (exact) mass is 364 g/mol. The van der Waals surface area contributed by atoms with Crippen LogP contribution in [0.3, 0.4) is 0 Å². The van der Waals surface area contributed by atoms with Crippen LogP contribution in [0.1, 0.15) is 56.2 Å². The highest BCUT2D eigenvalue weighted by molar-refractivity contribution is 6.09. The molecule has 4 aliphatic rings. The van der Waals surface area contributed by atoms with Gasteiger partial charge in [-0.25, -0.2) is 0 Å². The smallest absolute Gasteiger partial charge is 0.236 e. The Morgan fingerprint density at radius 1 is 1.00 bits per heavy atom. The number of likely N-dealkylation sites (tertiary alicyclic amines) is 1. The number of carbonyl (C=O) groups excluding carboxylic acids is 3. The van der Waals surface area contributed by atoms with Crippen molar-refractivity contribution < 1.29 is 14.4 Å². The van der Waals surface area contributed by atoms with E-state index < -0.39 is 17.9 Å². The van der Waals surface area contributed by atoms with Gasteiger partial charge in [0.1, 0.15) is 0 Å². The molecule has 3 aliphatic heterocycles. The van der Waals surface area contributed by atoms with Crippen LogP contribution in [0, 0.1) is 11.8 Å². The van der Waals surface area contributed by atoms with E-state index >= 15 is 0 Å². The highest BCUT2D eigenvalue weighted by Gasteiger charge is 2.64. The molecule has 0 spiro atoms. The molecule has 5 nitrogen and oxygen atoms in total. The van der Waals surface area contributed by atoms with Gasteiger partial charge in [0.2, 0.25) is 11.8 Å². The fourth-order valence-electron chi connectivity index (χ4n) is 5.74. The lowest BCUT2D eigenvalue weighted by Crippen LogP contribution is -2.47. The van der Waals surface area contributed by atoms with Gasteiger partial charge in [-0.3, -0.25) is 19.3 Å². The topological polar surface area (TPSA) is 57.7 Å². The number of hydrogen-bond donors (Lipinski definition) is 0. The zero-order valence-corrected chi connectivity index (χ0v) is 15.5. The normalized spacial score (nSPS) is 32.5. The van der Waals surface area contributed by atoms with Crippen molar-refractivity contribution in [2.24, 2.45) is 11.8 Å². The van der Waals surface area contributed by atoms with Crippen molar-refractivity contribution in [2.45, 2.75) is 57.2 Å². The van der Waals surface area contributed by atoms with Crippen LogP contribution in [0.25, 0.3) is 6.08 Å². The highest BCUT2D eigenvalue weighted by Crippen LogP contribution is 2.53. The molecule has 3 heterocycles. The Hall–Kier alpha value is -2.43. The molecular formula is C22H24N2O3. The third-order valence-electron chi connectivity index (χ3n) is 6.85. The molecule has 0 bridgehead atoms. The lowest BCUT2D eigenvalue weighted by Gasteiger charge is -2.36. The molecule has 0 radical (unpaired) electrons. The molecule has 1 saturated carbocycles. The fraction of sp³-hybridized carbons (Fsp3) is 0.500. The maximum Gasteiger partial charge on any atom is 0.236 e. The number of amides is 2. The van der Waals surface area contributed by atoms with Crippen LogP contribution in [0.5, 0.6) is 0 Å². The van der Waals surface area contributed by atoms with Gasteiger partial charge in [0, 0.05) is 12.2 Å². The molecule has 140 valence electrons. The molecule has 1 aliphatic carbocycles. The van der Waals surface area contributed by atoms with Crippen LogP contribution >= 0.6 is 0 Å². The van der Waals surface area contributed by atoms with E-state index in [2.05, 4.69) is 0 Å². The van der Waals surface area contributed by atoms with Crippen LogP contribution in [-0.4, -0.2) is 39.5 Å². The van der Waals surface area contributed by atoms with E-state index in [9.17, 15) is 14.4 Å². The Labute approximate surface area is 159 Å². The molecule has 27 heavy (non-hydrogen) atoms. The SMILES string of the molecule is CC(=O)[C@@H]1[C@@H]2C(=O)N(C3CCCCC3)C(=O)[C@@H]2C2c3ccccc3C=CN21. The van der Waals surface area contributed by atoms with Gasteiger partial charge in [-0.2, -0.15) is 0 Å². The summed E-state index contributed by atoms with van der Waals surface area (Å²) in [5, 5.41) is 0. The molecule has 1 unspecified atom stereocenters. The number of imide groups is 1. The Kier molecular flexibility index (Phi) is 3.74. The van der Waals surface area contributed by atoms with E-state index in [4.69, 9.17) is 0 Å². The molecular weight excluding hydrogens is 340 g/mol. The molecule has 1 aromatic carbocycles. The second-order valence-corrected chi connectivity index (χ2v) is 8.28. The van der Waals surface area contributed by atoms with Gasteiger partial charge >= 0.3 is 0 Å². The van der Waals surface area contributed by atoms with E-state index in [1.165, 1.54) is 6.42 Å². The quantitative estimate of drug-likeness (QED) is 0.757. The summed E-state index contributed by atoms with van der Waals surface area (Å²) >= 11 is 0. The van der Waals surface area contributed by atoms with Crippen molar-refractivity contribution in [3.8, 4) is 0 Å². The first-order valence-corrected chi connectivity index (χ1v) is 10.0. The van der Waals surface area contributed by atoms with Crippen LogP contribution in [0.15, 0.2) is 30.5 Å². The average molecular weight is 364 g/mol. The minimum atomic E-state index is -0.558. The molecule has 0 N–H and O–H groups in total. The number of hydrogen-bond acceptors (Lipinski definition) is 4. The Bertz CT molecular complexity index is 855. The van der Waals surface area contributed by atoms with E-state index in [-0.39, 0.29) is 29.7 Å². The van der Waals surface area contributed by atoms with Gasteiger partial charge in [-0.1, -0.05) is 43.5 Å². The summed E-state index contributed by atoms with van der Waals surface area (Å²) in [7, 11) is 0. The molecule has 3 fully saturated rings. The maximum atomic E-state index is 13.5. The zero-order valence-electron chi connectivity index (χ0n) is 15.5. The third kappa shape index (κ3) is 2.27. The van der Waals surface area contributed by atoms with E-state index in [0.29, 0.717) is 0 Å². The fourth-order valence-corrected chi connectivity index (χ4v) is 5.74. The number of Topliss-reactive ketones (excluding diaryl/α,β-unsaturated/α-hetero) is 1. The average Bonchev–Trinajstić information content (AvgIpc) is 3.16. The predicted molar refractivity (Wildman–Crippen MR) is 100 cm³/mol. The molecule has 4 atom stereocenters. The molecule has 0 aromatic heterocycles. The van der Waals surface area contributed by atoms with Gasteiger partial charge < -0.3 is 4.90 Å². The highest BCUT2D eigenvalue weighted by atomic mass is 16.2. The van der Waals surface area contributed by atoms with E-state index in [1.54, 1.807) is 11.8 Å². The zero-order chi connectivity index (χ0) is 18.7.